The van der Waals surface area contributed by atoms with Crippen LogP contribution >= 0.6 is 0 Å². The summed E-state index contributed by atoms with van der Waals surface area (Å²) in [5.41, 5.74) is 7.61. The van der Waals surface area contributed by atoms with Gasteiger partial charge >= 0.3 is 6.18 Å². The number of rotatable bonds is 0. The number of benzene rings is 3. The largest absolute Gasteiger partial charge is 0.416 e. The predicted octanol–water partition coefficient (Wildman–Crippen LogP) is 6.30. The fraction of sp³-hybridized carbons (Fsp3) is 0.0667. The van der Waals surface area contributed by atoms with Crippen LogP contribution < -0.4 is 15.9 Å². The van der Waals surface area contributed by atoms with Gasteiger partial charge in [-0.05, 0) is 72.7 Å². The van der Waals surface area contributed by atoms with Crippen LogP contribution in [-0.2, 0) is 6.18 Å². The normalized spacial score (nSPS) is 14.6. The number of dihydropyridines is 1. The topological polar surface area (TPSA) is 37.3 Å². The molecule has 4 aromatic rings. The molecule has 1 aromatic heterocycles. The number of aromatic nitrogens is 1. The number of nitrogens with one attached hydrogen (secondary N) is 1. The van der Waals surface area contributed by atoms with Crippen molar-refractivity contribution >= 4 is 17.1 Å². The van der Waals surface area contributed by atoms with Crippen LogP contribution in [0.25, 0.3) is 45.0 Å². The Morgan fingerprint density at radius 2 is 1.58 bits per heavy atom. The molecule has 0 fully saturated rings. The Balaban J connectivity index is 1.66. The number of nitrogens with zero attached hydrogens (tertiary/aromatic N) is 2. The first-order valence-corrected chi connectivity index (χ1v) is 11.6. The molecule has 3 aliphatic heterocycles. The van der Waals surface area contributed by atoms with Gasteiger partial charge in [-0.15, -0.1) is 0 Å². The molecule has 3 aromatic carbocycles. The summed E-state index contributed by atoms with van der Waals surface area (Å²) in [6.45, 7) is 1.94. The molecule has 8 bridgehead atoms. The Labute approximate surface area is 204 Å². The number of halogens is 3. The Morgan fingerprint density at radius 1 is 0.806 bits per heavy atom. The summed E-state index contributed by atoms with van der Waals surface area (Å²) < 4.78 is 42.2. The van der Waals surface area contributed by atoms with E-state index in [1.54, 1.807) is 6.08 Å². The molecular formula is C30H18F3N3. The number of allylic oxidation sites excluding steroid dienone is 2. The lowest BCUT2D eigenvalue weighted by Gasteiger charge is -2.17. The Bertz CT molecular complexity index is 1810. The van der Waals surface area contributed by atoms with Crippen molar-refractivity contribution in [3.05, 3.63) is 112 Å². The molecule has 0 spiro atoms. The van der Waals surface area contributed by atoms with E-state index in [2.05, 4.69) is 5.32 Å². The number of hydrogen-bond acceptors (Lipinski definition) is 3. The second-order valence-corrected chi connectivity index (χ2v) is 9.21. The highest BCUT2D eigenvalue weighted by Crippen LogP contribution is 2.43. The zero-order valence-corrected chi connectivity index (χ0v) is 19.1. The first-order valence-electron chi connectivity index (χ1n) is 11.6. The van der Waals surface area contributed by atoms with Gasteiger partial charge in [0.15, 0.2) is 0 Å². The van der Waals surface area contributed by atoms with Crippen LogP contribution in [0.4, 0.5) is 18.9 Å². The summed E-state index contributed by atoms with van der Waals surface area (Å²) in [5, 5.41) is 4.31. The zero-order chi connectivity index (χ0) is 24.6. The van der Waals surface area contributed by atoms with E-state index in [0.717, 1.165) is 39.3 Å². The van der Waals surface area contributed by atoms with E-state index in [1.165, 1.54) is 12.1 Å². The highest BCUT2D eigenvalue weighted by molar-refractivity contribution is 5.92. The maximum Gasteiger partial charge on any atom is 0.416 e. The van der Waals surface area contributed by atoms with E-state index in [4.69, 9.17) is 9.98 Å². The molecule has 0 aliphatic carbocycles. The summed E-state index contributed by atoms with van der Waals surface area (Å²) in [6, 6.07) is 20.1. The Morgan fingerprint density at radius 3 is 2.44 bits per heavy atom. The highest BCUT2D eigenvalue weighted by atomic mass is 19.4. The standard InChI is InChI=1S/C30H18F3N3/c1-16-11-20-21-14-19(30(31,32)33)15-23-27-10-4-8-25(35-27)18-6-2-5-17(13-18)24-7-3-9-26(34-24)22(12-16)28(20)36-29(21)23/h2-15,35H,1H3. The molecule has 3 nitrogen and oxygen atoms in total. The lowest BCUT2D eigenvalue weighted by atomic mass is 9.95. The van der Waals surface area contributed by atoms with E-state index in [1.807, 2.05) is 73.7 Å². The molecule has 1 N–H and O–H groups in total. The van der Waals surface area contributed by atoms with Crippen molar-refractivity contribution in [2.24, 2.45) is 4.99 Å². The highest BCUT2D eigenvalue weighted by Gasteiger charge is 2.33. The van der Waals surface area contributed by atoms with Crippen LogP contribution in [0.1, 0.15) is 16.7 Å². The van der Waals surface area contributed by atoms with Crippen molar-refractivity contribution in [3.63, 3.8) is 0 Å². The fourth-order valence-electron chi connectivity index (χ4n) is 5.13. The molecule has 0 amide bonds. The summed E-state index contributed by atoms with van der Waals surface area (Å²) in [4.78, 5) is 9.89. The number of fused-ring (bicyclic) bond motifs is 10. The third-order valence-corrected chi connectivity index (χ3v) is 6.78. The number of alkyl halides is 3. The average Bonchev–Trinajstić information content (AvgIpc) is 3.25. The maximum absolute atomic E-state index is 14.1. The molecule has 4 heterocycles. The van der Waals surface area contributed by atoms with Gasteiger partial charge in [0.25, 0.3) is 0 Å². The number of pyridine rings is 1. The molecular weight excluding hydrogens is 459 g/mol. The third kappa shape index (κ3) is 3.14. The van der Waals surface area contributed by atoms with Gasteiger partial charge in [0.2, 0.25) is 0 Å². The van der Waals surface area contributed by atoms with Crippen molar-refractivity contribution in [1.29, 1.82) is 0 Å². The van der Waals surface area contributed by atoms with Crippen LogP contribution in [-0.4, -0.2) is 4.98 Å². The maximum atomic E-state index is 14.1. The van der Waals surface area contributed by atoms with Crippen molar-refractivity contribution < 1.29 is 13.2 Å². The fourth-order valence-corrected chi connectivity index (χ4v) is 5.13. The molecule has 174 valence electrons. The minimum Gasteiger partial charge on any atom is -0.354 e. The summed E-state index contributed by atoms with van der Waals surface area (Å²) in [6.07, 6.45) is 1.07. The Kier molecular flexibility index (Phi) is 4.22. The third-order valence-electron chi connectivity index (χ3n) is 6.78. The molecule has 6 heteroatoms. The van der Waals surface area contributed by atoms with E-state index >= 15 is 0 Å². The van der Waals surface area contributed by atoms with Gasteiger partial charge in [-0.25, -0.2) is 9.98 Å². The quantitative estimate of drug-likeness (QED) is 0.284. The average molecular weight is 477 g/mol. The molecule has 0 atom stereocenters. The minimum atomic E-state index is -4.50. The SMILES string of the molecule is Cc1cc2c3c(c1)-c1cc(C(F)(F)F)cc(c1=N3)=C1C=CC=C(N1)c1cccc(c1)-c1cccc-2n1. The van der Waals surface area contributed by atoms with Crippen LogP contribution in [0.15, 0.2) is 90.0 Å². The second-order valence-electron chi connectivity index (χ2n) is 9.21. The molecule has 36 heavy (non-hydrogen) atoms. The summed E-state index contributed by atoms with van der Waals surface area (Å²) >= 11 is 0. The van der Waals surface area contributed by atoms with E-state index in [0.29, 0.717) is 33.1 Å². The molecule has 3 aliphatic rings. The summed E-state index contributed by atoms with van der Waals surface area (Å²) in [7, 11) is 0. The monoisotopic (exact) mass is 477 g/mol. The molecule has 0 saturated heterocycles. The summed E-state index contributed by atoms with van der Waals surface area (Å²) in [5.74, 6) is 0. The van der Waals surface area contributed by atoms with Crippen LogP contribution in [0.5, 0.6) is 0 Å². The van der Waals surface area contributed by atoms with Crippen molar-refractivity contribution in [3.8, 4) is 33.6 Å². The molecule has 0 unspecified atom stereocenters. The predicted molar refractivity (Wildman–Crippen MR) is 134 cm³/mol. The van der Waals surface area contributed by atoms with Crippen molar-refractivity contribution in [2.75, 3.05) is 0 Å². The van der Waals surface area contributed by atoms with Gasteiger partial charge in [-0.3, -0.25) is 0 Å². The Hall–Kier alpha value is -4.45. The second kappa shape index (κ2) is 7.28. The van der Waals surface area contributed by atoms with E-state index in [-0.39, 0.29) is 0 Å². The minimum absolute atomic E-state index is 0.413. The smallest absolute Gasteiger partial charge is 0.354 e. The van der Waals surface area contributed by atoms with E-state index in [9.17, 15) is 13.2 Å². The van der Waals surface area contributed by atoms with E-state index < -0.39 is 11.7 Å². The lowest BCUT2D eigenvalue weighted by Crippen LogP contribution is -2.33. The van der Waals surface area contributed by atoms with Gasteiger partial charge in [-0.2, -0.15) is 13.2 Å². The number of aryl methyl sites for hydroxylation is 1. The molecule has 7 rings (SSSR count). The van der Waals surface area contributed by atoms with Gasteiger partial charge in [0.05, 0.1) is 28.0 Å². The van der Waals surface area contributed by atoms with Crippen LogP contribution in [0.3, 0.4) is 0 Å². The van der Waals surface area contributed by atoms with Crippen LogP contribution in [0, 0.1) is 6.92 Å². The molecule has 0 radical (unpaired) electrons. The first-order chi connectivity index (χ1) is 17.3. The molecule has 0 saturated carbocycles. The first kappa shape index (κ1) is 20.9. The van der Waals surface area contributed by atoms with Gasteiger partial charge in [-0.1, -0.05) is 30.3 Å². The van der Waals surface area contributed by atoms with Gasteiger partial charge in [0.1, 0.15) is 0 Å². The van der Waals surface area contributed by atoms with Crippen LogP contribution in [0.2, 0.25) is 0 Å². The van der Waals surface area contributed by atoms with Crippen molar-refractivity contribution in [1.82, 2.24) is 10.3 Å². The van der Waals surface area contributed by atoms with Gasteiger partial charge in [0, 0.05) is 38.9 Å². The number of hydrogen-bond donors (Lipinski definition) is 1. The zero-order valence-electron chi connectivity index (χ0n) is 19.1. The van der Waals surface area contributed by atoms with Gasteiger partial charge < -0.3 is 5.32 Å². The van der Waals surface area contributed by atoms with Crippen molar-refractivity contribution in [2.45, 2.75) is 13.1 Å². The lowest BCUT2D eigenvalue weighted by molar-refractivity contribution is -0.137.